The molecule has 2 rings (SSSR count). The lowest BCUT2D eigenvalue weighted by atomic mass is 9.96. The zero-order valence-electron chi connectivity index (χ0n) is 17.2. The van der Waals surface area contributed by atoms with Crippen molar-refractivity contribution in [3.63, 3.8) is 0 Å². The third kappa shape index (κ3) is 8.91. The van der Waals surface area contributed by atoms with E-state index in [4.69, 9.17) is 27.9 Å². The number of ether oxygens (including phenoxy) is 1. The summed E-state index contributed by atoms with van der Waals surface area (Å²) in [4.78, 5) is 26.7. The van der Waals surface area contributed by atoms with Crippen LogP contribution in [0.1, 0.15) is 39.5 Å². The van der Waals surface area contributed by atoms with Crippen molar-refractivity contribution in [3.05, 3.63) is 28.2 Å². The van der Waals surface area contributed by atoms with Gasteiger partial charge in [-0.1, -0.05) is 23.2 Å². The van der Waals surface area contributed by atoms with Crippen LogP contribution in [0.3, 0.4) is 0 Å². The van der Waals surface area contributed by atoms with Gasteiger partial charge in [-0.3, -0.25) is 9.59 Å². The Morgan fingerprint density at radius 3 is 2.66 bits per heavy atom. The molecule has 0 aromatic heterocycles. The average Bonchev–Trinajstić information content (AvgIpc) is 2.69. The van der Waals surface area contributed by atoms with E-state index in [-0.39, 0.29) is 23.8 Å². The van der Waals surface area contributed by atoms with Gasteiger partial charge in [0.15, 0.2) is 0 Å². The second-order valence-corrected chi connectivity index (χ2v) is 8.45. The van der Waals surface area contributed by atoms with Crippen molar-refractivity contribution in [1.82, 2.24) is 10.2 Å². The van der Waals surface area contributed by atoms with Gasteiger partial charge in [-0.05, 0) is 64.4 Å². The highest BCUT2D eigenvalue weighted by Crippen LogP contribution is 2.25. The molecule has 2 amide bonds. The highest BCUT2D eigenvalue weighted by Gasteiger charge is 2.24. The van der Waals surface area contributed by atoms with Crippen molar-refractivity contribution in [1.29, 1.82) is 0 Å². The van der Waals surface area contributed by atoms with E-state index in [1.807, 2.05) is 13.8 Å². The van der Waals surface area contributed by atoms with Crippen LogP contribution in [-0.4, -0.2) is 55.6 Å². The lowest BCUT2D eigenvalue weighted by molar-refractivity contribution is -0.126. The third-order valence-electron chi connectivity index (χ3n) is 4.89. The minimum absolute atomic E-state index is 0.0522. The van der Waals surface area contributed by atoms with Gasteiger partial charge in [-0.15, -0.1) is 0 Å². The Bertz CT molecular complexity index is 677. The van der Waals surface area contributed by atoms with E-state index in [1.165, 1.54) is 0 Å². The number of halogens is 2. The van der Waals surface area contributed by atoms with Gasteiger partial charge in [-0.2, -0.15) is 0 Å². The normalized spacial score (nSPS) is 15.5. The maximum atomic E-state index is 12.3. The average molecular weight is 444 g/mol. The summed E-state index contributed by atoms with van der Waals surface area (Å²) in [6, 6.07) is 4.98. The molecule has 0 spiro atoms. The van der Waals surface area contributed by atoms with Crippen LogP contribution < -0.4 is 10.6 Å². The van der Waals surface area contributed by atoms with Gasteiger partial charge >= 0.3 is 0 Å². The molecule has 0 unspecified atom stereocenters. The maximum Gasteiger partial charge on any atom is 0.225 e. The Morgan fingerprint density at radius 2 is 1.97 bits per heavy atom. The molecule has 1 aliphatic heterocycles. The van der Waals surface area contributed by atoms with Gasteiger partial charge in [0.1, 0.15) is 0 Å². The lowest BCUT2D eigenvalue weighted by Crippen LogP contribution is -2.41. The van der Waals surface area contributed by atoms with E-state index in [0.29, 0.717) is 41.8 Å². The van der Waals surface area contributed by atoms with Crippen LogP contribution in [0.25, 0.3) is 0 Å². The first-order valence-electron chi connectivity index (χ1n) is 10.2. The van der Waals surface area contributed by atoms with E-state index < -0.39 is 0 Å². The highest BCUT2D eigenvalue weighted by atomic mass is 35.5. The minimum atomic E-state index is -0.0994. The Labute approximate surface area is 183 Å². The summed E-state index contributed by atoms with van der Waals surface area (Å²) in [6.45, 7) is 7.62. The van der Waals surface area contributed by atoms with Gasteiger partial charge in [-0.25, -0.2) is 0 Å². The van der Waals surface area contributed by atoms with E-state index in [0.717, 1.165) is 32.4 Å². The van der Waals surface area contributed by atoms with Crippen molar-refractivity contribution < 1.29 is 14.3 Å². The summed E-state index contributed by atoms with van der Waals surface area (Å²) in [5, 5.41) is 6.79. The fourth-order valence-electron chi connectivity index (χ4n) is 3.23. The van der Waals surface area contributed by atoms with Gasteiger partial charge < -0.3 is 20.3 Å². The van der Waals surface area contributed by atoms with Crippen molar-refractivity contribution in [3.8, 4) is 0 Å². The number of hydrogen-bond donors (Lipinski definition) is 2. The minimum Gasteiger partial charge on any atom is -0.379 e. The number of benzene rings is 1. The first-order chi connectivity index (χ1) is 13.8. The molecule has 0 atom stereocenters. The number of carbonyl (C=O) groups is 2. The van der Waals surface area contributed by atoms with Crippen LogP contribution in [0.15, 0.2) is 18.2 Å². The number of anilines is 1. The highest BCUT2D eigenvalue weighted by molar-refractivity contribution is 6.35. The third-order valence-corrected chi connectivity index (χ3v) is 5.45. The van der Waals surface area contributed by atoms with Gasteiger partial charge in [0, 0.05) is 37.1 Å². The van der Waals surface area contributed by atoms with E-state index in [2.05, 4.69) is 15.5 Å². The molecule has 1 aliphatic rings. The summed E-state index contributed by atoms with van der Waals surface area (Å²) in [6.07, 6.45) is 3.05. The van der Waals surface area contributed by atoms with Crippen LogP contribution >= 0.6 is 23.2 Å². The van der Waals surface area contributed by atoms with Crippen molar-refractivity contribution in [2.45, 2.75) is 45.6 Å². The Kier molecular flexibility index (Phi) is 10.2. The molecule has 1 heterocycles. The van der Waals surface area contributed by atoms with E-state index in [1.54, 1.807) is 18.2 Å². The van der Waals surface area contributed by atoms with Crippen LogP contribution in [0.2, 0.25) is 10.0 Å². The maximum absolute atomic E-state index is 12.3. The second kappa shape index (κ2) is 12.4. The summed E-state index contributed by atoms with van der Waals surface area (Å²) < 4.78 is 5.47. The molecule has 1 saturated heterocycles. The molecule has 0 bridgehead atoms. The number of hydrogen-bond acceptors (Lipinski definition) is 4. The second-order valence-electron chi connectivity index (χ2n) is 7.60. The summed E-state index contributed by atoms with van der Waals surface area (Å²) >= 11 is 12.0. The zero-order chi connectivity index (χ0) is 21.2. The van der Waals surface area contributed by atoms with Crippen molar-refractivity contribution >= 4 is 40.7 Å². The molecule has 1 fully saturated rings. The summed E-state index contributed by atoms with van der Waals surface area (Å²) in [5.74, 6) is 0.0801. The monoisotopic (exact) mass is 443 g/mol. The van der Waals surface area contributed by atoms with Gasteiger partial charge in [0.05, 0.1) is 16.8 Å². The van der Waals surface area contributed by atoms with Gasteiger partial charge in [0.2, 0.25) is 11.8 Å². The van der Waals surface area contributed by atoms with Crippen LogP contribution in [0, 0.1) is 5.92 Å². The molecular formula is C21H31Cl2N3O3. The number of carbonyl (C=O) groups excluding carboxylic acids is 2. The smallest absolute Gasteiger partial charge is 0.225 e. The predicted octanol–water partition coefficient (Wildman–Crippen LogP) is 3.97. The molecule has 8 heteroatoms. The molecule has 0 radical (unpaired) electrons. The summed E-state index contributed by atoms with van der Waals surface area (Å²) in [5.41, 5.74) is 0.526. The van der Waals surface area contributed by atoms with Gasteiger partial charge in [0.25, 0.3) is 0 Å². The summed E-state index contributed by atoms with van der Waals surface area (Å²) in [7, 11) is 0. The van der Waals surface area contributed by atoms with E-state index in [9.17, 15) is 9.59 Å². The first-order valence-corrected chi connectivity index (χ1v) is 11.0. The molecule has 0 saturated carbocycles. The number of likely N-dealkylation sites (tertiary alicyclic amines) is 1. The number of amides is 2. The number of piperidine rings is 1. The molecule has 29 heavy (non-hydrogen) atoms. The standard InChI is InChI=1S/C21H31Cl2N3O3/c1-15(2)29-13-3-9-24-21(28)16-6-10-26(11-7-16)12-8-20(27)25-19-14-17(22)4-5-18(19)23/h4-5,14-16H,3,6-13H2,1-2H3,(H,24,28)(H,25,27). The fourth-order valence-corrected chi connectivity index (χ4v) is 3.57. The molecule has 0 aliphatic carbocycles. The zero-order valence-corrected chi connectivity index (χ0v) is 18.7. The van der Waals surface area contributed by atoms with Crippen molar-refractivity contribution in [2.24, 2.45) is 5.92 Å². The van der Waals surface area contributed by atoms with Crippen LogP contribution in [0.5, 0.6) is 0 Å². The molecule has 2 N–H and O–H groups in total. The Balaban J connectivity index is 1.62. The quantitative estimate of drug-likeness (QED) is 0.536. The molecular weight excluding hydrogens is 413 g/mol. The molecule has 1 aromatic rings. The Morgan fingerprint density at radius 1 is 1.24 bits per heavy atom. The topological polar surface area (TPSA) is 70.7 Å². The molecule has 162 valence electrons. The predicted molar refractivity (Wildman–Crippen MR) is 118 cm³/mol. The molecule has 1 aromatic carbocycles. The SMILES string of the molecule is CC(C)OCCCNC(=O)C1CCN(CCC(=O)Nc2cc(Cl)ccc2Cl)CC1. The largest absolute Gasteiger partial charge is 0.379 e. The number of nitrogens with one attached hydrogen (secondary N) is 2. The fraction of sp³-hybridized carbons (Fsp3) is 0.619. The lowest BCUT2D eigenvalue weighted by Gasteiger charge is -2.31. The number of nitrogens with zero attached hydrogens (tertiary/aromatic N) is 1. The first kappa shape index (κ1) is 23.9. The van der Waals surface area contributed by atoms with Crippen molar-refractivity contribution in [2.75, 3.05) is 38.1 Å². The van der Waals surface area contributed by atoms with Crippen LogP contribution in [-0.2, 0) is 14.3 Å². The van der Waals surface area contributed by atoms with E-state index >= 15 is 0 Å². The van der Waals surface area contributed by atoms with Crippen LogP contribution in [0.4, 0.5) is 5.69 Å². The molecule has 6 nitrogen and oxygen atoms in total. The Hall–Kier alpha value is -1.34. The number of rotatable bonds is 10.